The Balaban J connectivity index is 1.59. The largest absolute Gasteiger partial charge is 0.365 e. The van der Waals surface area contributed by atoms with E-state index in [1.807, 2.05) is 23.2 Å². The lowest BCUT2D eigenvalue weighted by atomic mass is 10.2. The quantitative estimate of drug-likeness (QED) is 0.929. The molecule has 2 amide bonds. The fourth-order valence-electron chi connectivity index (χ4n) is 2.79. The summed E-state index contributed by atoms with van der Waals surface area (Å²) in [6, 6.07) is 7.33. The Morgan fingerprint density at radius 2 is 1.91 bits per heavy atom. The Hall–Kier alpha value is -2.63. The SMILES string of the molecule is O=C(Cc1ccc[nH]1)N1CCCN(C(=O)c2cccnc2)CC1. The zero-order valence-corrected chi connectivity index (χ0v) is 12.9. The molecule has 2 aromatic heterocycles. The molecule has 6 nitrogen and oxygen atoms in total. The number of carbonyl (C=O) groups is 2. The van der Waals surface area contributed by atoms with Crippen LogP contribution in [0.25, 0.3) is 0 Å². The van der Waals surface area contributed by atoms with Gasteiger partial charge >= 0.3 is 0 Å². The van der Waals surface area contributed by atoms with Crippen LogP contribution in [0.1, 0.15) is 22.5 Å². The molecule has 23 heavy (non-hydrogen) atoms. The van der Waals surface area contributed by atoms with Gasteiger partial charge in [0, 0.05) is 50.5 Å². The predicted octanol–water partition coefficient (Wildman–Crippen LogP) is 1.33. The fourth-order valence-corrected chi connectivity index (χ4v) is 2.79. The smallest absolute Gasteiger partial charge is 0.255 e. The predicted molar refractivity (Wildman–Crippen MR) is 85.8 cm³/mol. The Bertz CT molecular complexity index is 654. The van der Waals surface area contributed by atoms with Gasteiger partial charge in [-0.2, -0.15) is 0 Å². The second-order valence-electron chi connectivity index (χ2n) is 5.64. The molecule has 3 rings (SSSR count). The van der Waals surface area contributed by atoms with Gasteiger partial charge < -0.3 is 14.8 Å². The number of aromatic nitrogens is 2. The summed E-state index contributed by atoms with van der Waals surface area (Å²) < 4.78 is 0. The molecule has 6 heteroatoms. The van der Waals surface area contributed by atoms with Gasteiger partial charge in [-0.05, 0) is 30.7 Å². The van der Waals surface area contributed by atoms with Crippen LogP contribution >= 0.6 is 0 Å². The topological polar surface area (TPSA) is 69.3 Å². The molecule has 1 aliphatic rings. The zero-order chi connectivity index (χ0) is 16.1. The van der Waals surface area contributed by atoms with Gasteiger partial charge in [0.15, 0.2) is 0 Å². The molecular weight excluding hydrogens is 292 g/mol. The molecule has 0 radical (unpaired) electrons. The van der Waals surface area contributed by atoms with Crippen molar-refractivity contribution in [2.45, 2.75) is 12.8 Å². The van der Waals surface area contributed by atoms with Gasteiger partial charge in [0.1, 0.15) is 0 Å². The van der Waals surface area contributed by atoms with Crippen molar-refractivity contribution in [1.82, 2.24) is 19.8 Å². The number of nitrogens with zero attached hydrogens (tertiary/aromatic N) is 3. The van der Waals surface area contributed by atoms with E-state index >= 15 is 0 Å². The maximum Gasteiger partial charge on any atom is 0.255 e. The van der Waals surface area contributed by atoms with Crippen LogP contribution in [0.15, 0.2) is 42.9 Å². The van der Waals surface area contributed by atoms with Crippen molar-refractivity contribution in [2.75, 3.05) is 26.2 Å². The maximum atomic E-state index is 12.5. The lowest BCUT2D eigenvalue weighted by Gasteiger charge is -2.22. The van der Waals surface area contributed by atoms with Gasteiger partial charge in [-0.25, -0.2) is 0 Å². The third-order valence-electron chi connectivity index (χ3n) is 4.05. The highest BCUT2D eigenvalue weighted by atomic mass is 16.2. The first-order valence-corrected chi connectivity index (χ1v) is 7.83. The summed E-state index contributed by atoms with van der Waals surface area (Å²) in [6.45, 7) is 2.49. The van der Waals surface area contributed by atoms with E-state index in [-0.39, 0.29) is 11.8 Å². The van der Waals surface area contributed by atoms with Gasteiger partial charge in [0.25, 0.3) is 5.91 Å². The maximum absolute atomic E-state index is 12.5. The Kier molecular flexibility index (Phi) is 4.71. The minimum absolute atomic E-state index is 0.0169. The van der Waals surface area contributed by atoms with E-state index in [9.17, 15) is 9.59 Å². The number of H-pyrrole nitrogens is 1. The van der Waals surface area contributed by atoms with Gasteiger partial charge in [-0.3, -0.25) is 14.6 Å². The van der Waals surface area contributed by atoms with Crippen LogP contribution in [0.3, 0.4) is 0 Å². The van der Waals surface area contributed by atoms with E-state index in [1.165, 1.54) is 0 Å². The van der Waals surface area contributed by atoms with Crippen LogP contribution in [0, 0.1) is 0 Å². The van der Waals surface area contributed by atoms with Crippen LogP contribution in [-0.4, -0.2) is 57.8 Å². The van der Waals surface area contributed by atoms with E-state index in [0.717, 1.165) is 12.1 Å². The Morgan fingerprint density at radius 3 is 2.65 bits per heavy atom. The molecule has 3 heterocycles. The summed E-state index contributed by atoms with van der Waals surface area (Å²) in [7, 11) is 0. The highest BCUT2D eigenvalue weighted by Gasteiger charge is 2.23. The van der Waals surface area contributed by atoms with Crippen molar-refractivity contribution < 1.29 is 9.59 Å². The van der Waals surface area contributed by atoms with Gasteiger partial charge in [-0.15, -0.1) is 0 Å². The summed E-state index contributed by atoms with van der Waals surface area (Å²) in [5, 5.41) is 0. The zero-order valence-electron chi connectivity index (χ0n) is 12.9. The first kappa shape index (κ1) is 15.3. The van der Waals surface area contributed by atoms with Crippen molar-refractivity contribution in [2.24, 2.45) is 0 Å². The summed E-state index contributed by atoms with van der Waals surface area (Å²) in [6.07, 6.45) is 6.23. The first-order chi connectivity index (χ1) is 11.2. The third kappa shape index (κ3) is 3.77. The molecule has 0 unspecified atom stereocenters. The number of amides is 2. The fraction of sp³-hybridized carbons (Fsp3) is 0.353. The van der Waals surface area contributed by atoms with Crippen molar-refractivity contribution in [3.05, 3.63) is 54.1 Å². The Labute approximate surface area is 135 Å². The van der Waals surface area contributed by atoms with E-state index in [1.54, 1.807) is 29.4 Å². The van der Waals surface area contributed by atoms with Crippen molar-refractivity contribution in [1.29, 1.82) is 0 Å². The van der Waals surface area contributed by atoms with Crippen LogP contribution in [-0.2, 0) is 11.2 Å². The molecule has 1 aliphatic heterocycles. The molecule has 1 fully saturated rings. The number of rotatable bonds is 3. The summed E-state index contributed by atoms with van der Waals surface area (Å²) >= 11 is 0. The van der Waals surface area contributed by atoms with Crippen LogP contribution < -0.4 is 0 Å². The number of hydrogen-bond donors (Lipinski definition) is 1. The van der Waals surface area contributed by atoms with Crippen LogP contribution in [0.5, 0.6) is 0 Å². The standard InChI is InChI=1S/C17H20N4O2/c22-16(12-15-5-2-7-19-15)20-8-3-9-21(11-10-20)17(23)14-4-1-6-18-13-14/h1-2,4-7,13,19H,3,8-12H2. The lowest BCUT2D eigenvalue weighted by molar-refractivity contribution is -0.130. The molecule has 0 bridgehead atoms. The van der Waals surface area contributed by atoms with Crippen molar-refractivity contribution in [3.63, 3.8) is 0 Å². The molecule has 2 aromatic rings. The number of carbonyl (C=O) groups excluding carboxylic acids is 2. The summed E-state index contributed by atoms with van der Waals surface area (Å²) in [5.74, 6) is 0.0832. The monoisotopic (exact) mass is 312 g/mol. The summed E-state index contributed by atoms with van der Waals surface area (Å²) in [5.41, 5.74) is 1.52. The number of aromatic amines is 1. The second-order valence-corrected chi connectivity index (χ2v) is 5.64. The molecule has 0 aliphatic carbocycles. The molecule has 0 aromatic carbocycles. The van der Waals surface area contributed by atoms with Gasteiger partial charge in [0.05, 0.1) is 12.0 Å². The number of pyridine rings is 1. The molecule has 1 N–H and O–H groups in total. The van der Waals surface area contributed by atoms with Crippen molar-refractivity contribution >= 4 is 11.8 Å². The molecule has 0 atom stereocenters. The number of nitrogens with one attached hydrogen (secondary N) is 1. The normalized spacial score (nSPS) is 15.3. The minimum Gasteiger partial charge on any atom is -0.365 e. The van der Waals surface area contributed by atoms with E-state index < -0.39 is 0 Å². The Morgan fingerprint density at radius 1 is 1.09 bits per heavy atom. The molecular formula is C17H20N4O2. The number of hydrogen-bond acceptors (Lipinski definition) is 3. The molecule has 120 valence electrons. The minimum atomic E-state index is -0.0169. The first-order valence-electron chi connectivity index (χ1n) is 7.83. The molecule has 0 spiro atoms. The molecule has 0 saturated carbocycles. The lowest BCUT2D eigenvalue weighted by Crippen LogP contribution is -2.38. The van der Waals surface area contributed by atoms with E-state index in [0.29, 0.717) is 38.2 Å². The third-order valence-corrected chi connectivity index (χ3v) is 4.05. The van der Waals surface area contributed by atoms with Crippen LogP contribution in [0.2, 0.25) is 0 Å². The van der Waals surface area contributed by atoms with Crippen LogP contribution in [0.4, 0.5) is 0 Å². The molecule has 1 saturated heterocycles. The highest BCUT2D eigenvalue weighted by Crippen LogP contribution is 2.10. The summed E-state index contributed by atoms with van der Waals surface area (Å²) in [4.78, 5) is 35.5. The van der Waals surface area contributed by atoms with Crippen molar-refractivity contribution in [3.8, 4) is 0 Å². The van der Waals surface area contributed by atoms with Gasteiger partial charge in [-0.1, -0.05) is 0 Å². The highest BCUT2D eigenvalue weighted by molar-refractivity contribution is 5.94. The van der Waals surface area contributed by atoms with Gasteiger partial charge in [0.2, 0.25) is 5.91 Å². The van der Waals surface area contributed by atoms with E-state index in [2.05, 4.69) is 9.97 Å². The van der Waals surface area contributed by atoms with E-state index in [4.69, 9.17) is 0 Å². The average molecular weight is 312 g/mol. The second kappa shape index (κ2) is 7.09. The average Bonchev–Trinajstić information content (AvgIpc) is 2.96.